The van der Waals surface area contributed by atoms with Gasteiger partial charge in [0.1, 0.15) is 36.3 Å². The van der Waals surface area contributed by atoms with Crippen LogP contribution in [0.5, 0.6) is 0 Å². The Labute approximate surface area is 315 Å². The average molecular weight is 864 g/mol. The second-order valence-electron chi connectivity index (χ2n) is 12.1. The molecule has 2 amide bonds. The summed E-state index contributed by atoms with van der Waals surface area (Å²) in [7, 11) is -16.4. The Morgan fingerprint density at radius 3 is 2.40 bits per heavy atom. The van der Waals surface area contributed by atoms with Crippen LogP contribution in [0.15, 0.2) is 24.8 Å². The Balaban J connectivity index is 1.50. The minimum Gasteiger partial charge on any atom is -0.386 e. The Bertz CT molecular complexity index is 1890. The fourth-order valence-corrected chi connectivity index (χ4v) is 7.99. The molecule has 3 heterocycles. The number of carbonyl (C=O) groups is 4. The van der Waals surface area contributed by atoms with Gasteiger partial charge >= 0.3 is 23.5 Å². The summed E-state index contributed by atoms with van der Waals surface area (Å²) in [6.07, 6.45) is -4.53. The van der Waals surface area contributed by atoms with Gasteiger partial charge in [-0.15, -0.1) is 0 Å². The molecule has 1 aliphatic heterocycles. The number of allylic oxidation sites excluding steroid dienone is 2. The molecular formula is C26H40N7O18P3S. The summed E-state index contributed by atoms with van der Waals surface area (Å²) in [6.45, 7) is 1.78. The zero-order valence-electron chi connectivity index (χ0n) is 29.1. The van der Waals surface area contributed by atoms with Crippen molar-refractivity contribution in [2.75, 3.05) is 37.8 Å². The maximum atomic E-state index is 12.6. The third-order valence-corrected chi connectivity index (χ3v) is 11.2. The minimum absolute atomic E-state index is 0.0223. The molecule has 29 heteroatoms. The van der Waals surface area contributed by atoms with Crippen molar-refractivity contribution in [3.63, 3.8) is 0 Å². The van der Waals surface area contributed by atoms with E-state index in [1.807, 2.05) is 0 Å². The topological polar surface area (TPSA) is 381 Å². The van der Waals surface area contributed by atoms with Gasteiger partial charge in [-0.25, -0.2) is 28.6 Å². The second-order valence-corrected chi connectivity index (χ2v) is 17.4. The number of hydrogen-bond acceptors (Lipinski definition) is 19. The molecule has 0 radical (unpaired) electrons. The summed E-state index contributed by atoms with van der Waals surface area (Å²) in [5, 5.41) is 25.5. The third-order valence-electron chi connectivity index (χ3n) is 7.25. The molecule has 10 N–H and O–H groups in total. The molecule has 7 atom stereocenters. The summed E-state index contributed by atoms with van der Waals surface area (Å²) in [5.41, 5.74) is 4.21. The first-order chi connectivity index (χ1) is 25.5. The lowest BCUT2D eigenvalue weighted by atomic mass is 9.87. The van der Waals surface area contributed by atoms with Crippen LogP contribution in [0.25, 0.3) is 11.2 Å². The van der Waals surface area contributed by atoms with Crippen molar-refractivity contribution in [3.8, 4) is 0 Å². The zero-order chi connectivity index (χ0) is 41.4. The second kappa shape index (κ2) is 19.4. The van der Waals surface area contributed by atoms with E-state index in [2.05, 4.69) is 34.4 Å². The number of aromatic nitrogens is 4. The number of ether oxygens (including phenoxy) is 1. The van der Waals surface area contributed by atoms with E-state index >= 15 is 0 Å². The number of ketones is 1. The van der Waals surface area contributed by atoms with Gasteiger partial charge in [0.2, 0.25) is 17.6 Å². The van der Waals surface area contributed by atoms with Crippen molar-refractivity contribution < 1.29 is 85.3 Å². The maximum Gasteiger partial charge on any atom is 0.481 e. The number of imidazole rings is 1. The van der Waals surface area contributed by atoms with Gasteiger partial charge in [0, 0.05) is 30.7 Å². The van der Waals surface area contributed by atoms with Crippen molar-refractivity contribution in [2.24, 2.45) is 5.41 Å². The molecule has 0 bridgehead atoms. The number of fused-ring (bicyclic) bond motifs is 1. The van der Waals surface area contributed by atoms with Crippen LogP contribution < -0.4 is 16.4 Å². The van der Waals surface area contributed by atoms with Crippen molar-refractivity contribution in [1.82, 2.24) is 30.2 Å². The summed E-state index contributed by atoms with van der Waals surface area (Å²) >= 11 is 0.717. The van der Waals surface area contributed by atoms with E-state index in [1.54, 1.807) is 6.92 Å². The number of rotatable bonds is 21. The number of anilines is 1. The number of aliphatic hydroxyl groups is 2. The van der Waals surface area contributed by atoms with E-state index < -0.39 is 95.5 Å². The number of thioether (sulfide) groups is 1. The number of nitrogen functional groups attached to an aromatic ring is 1. The molecule has 0 aromatic carbocycles. The normalized spacial score (nSPS) is 21.9. The van der Waals surface area contributed by atoms with E-state index in [0.717, 1.165) is 35.1 Å². The predicted octanol–water partition coefficient (Wildman–Crippen LogP) is -1.19. The lowest BCUT2D eigenvalue weighted by Crippen LogP contribution is -2.46. The highest BCUT2D eigenvalue weighted by Gasteiger charge is 2.50. The first kappa shape index (κ1) is 46.4. The van der Waals surface area contributed by atoms with Crippen molar-refractivity contribution in [1.29, 1.82) is 0 Å². The zero-order valence-corrected chi connectivity index (χ0v) is 32.6. The Morgan fingerprint density at radius 2 is 1.75 bits per heavy atom. The maximum absolute atomic E-state index is 12.6. The van der Waals surface area contributed by atoms with Crippen LogP contribution in [-0.4, -0.2) is 128 Å². The highest BCUT2D eigenvalue weighted by molar-refractivity contribution is 8.15. The molecule has 2 aromatic heterocycles. The van der Waals surface area contributed by atoms with E-state index in [1.165, 1.54) is 19.9 Å². The van der Waals surface area contributed by atoms with Gasteiger partial charge in [0.05, 0.1) is 19.5 Å². The quantitative estimate of drug-likeness (QED) is 0.0308. The first-order valence-corrected chi connectivity index (χ1v) is 21.2. The lowest BCUT2D eigenvalue weighted by molar-refractivity contribution is -0.137. The van der Waals surface area contributed by atoms with Crippen molar-refractivity contribution in [2.45, 2.75) is 57.8 Å². The van der Waals surface area contributed by atoms with Gasteiger partial charge in [-0.1, -0.05) is 31.7 Å². The molecular weight excluding hydrogens is 823 g/mol. The fraction of sp³-hybridized carbons (Fsp3) is 0.577. The minimum atomic E-state index is -5.58. The number of nitrogens with zero attached hydrogens (tertiary/aromatic N) is 4. The molecule has 1 saturated heterocycles. The number of aliphatic hydroxyl groups excluding tert-OH is 2. The van der Waals surface area contributed by atoms with Crippen LogP contribution in [0.1, 0.15) is 33.4 Å². The molecule has 55 heavy (non-hydrogen) atoms. The number of nitrogens with one attached hydrogen (secondary N) is 2. The number of phosphoric acid groups is 3. The molecule has 1 aliphatic rings. The van der Waals surface area contributed by atoms with Gasteiger partial charge in [0.15, 0.2) is 17.7 Å². The van der Waals surface area contributed by atoms with E-state index in [9.17, 15) is 62.7 Å². The van der Waals surface area contributed by atoms with Crippen LogP contribution in [0.2, 0.25) is 0 Å². The van der Waals surface area contributed by atoms with Gasteiger partial charge < -0.3 is 50.9 Å². The van der Waals surface area contributed by atoms with E-state index in [4.69, 9.17) is 19.5 Å². The fourth-order valence-electron chi connectivity index (χ4n) is 4.56. The predicted molar refractivity (Wildman–Crippen MR) is 187 cm³/mol. The van der Waals surface area contributed by atoms with Crippen LogP contribution >= 0.6 is 35.2 Å². The van der Waals surface area contributed by atoms with E-state index in [0.29, 0.717) is 0 Å². The number of amides is 2. The lowest BCUT2D eigenvalue weighted by Gasteiger charge is -2.30. The molecule has 7 unspecified atom stereocenters. The van der Waals surface area contributed by atoms with Gasteiger partial charge in [0.25, 0.3) is 5.12 Å². The SMILES string of the molecule is C/C=C/C(=O)C(=O)SCCNC(=O)CCNC(=O)C(O)C(C)(C)COP(=O)(O)OP(=O)(O)OCC1OC(n2cnc3c(N)ncnc32)C(O)C1OP(=O)(O)O. The molecule has 308 valence electrons. The first-order valence-electron chi connectivity index (χ1n) is 15.7. The summed E-state index contributed by atoms with van der Waals surface area (Å²) in [5.74, 6) is -2.15. The molecule has 25 nitrogen and oxygen atoms in total. The van der Waals surface area contributed by atoms with Crippen LogP contribution in [0.3, 0.4) is 0 Å². The smallest absolute Gasteiger partial charge is 0.386 e. The number of nitrogens with two attached hydrogens (primary N) is 1. The number of phosphoric ester groups is 3. The van der Waals surface area contributed by atoms with Gasteiger partial charge in [-0.3, -0.25) is 37.3 Å². The summed E-state index contributed by atoms with van der Waals surface area (Å²) in [4.78, 5) is 98.4. The Morgan fingerprint density at radius 1 is 1.07 bits per heavy atom. The van der Waals surface area contributed by atoms with Crippen LogP contribution in [0.4, 0.5) is 5.82 Å². The Kier molecular flexibility index (Phi) is 16.4. The summed E-state index contributed by atoms with van der Waals surface area (Å²) in [6, 6.07) is 0. The number of carbonyl (C=O) groups excluding carboxylic acids is 4. The third kappa shape index (κ3) is 13.8. The Hall–Kier alpha value is -3.03. The van der Waals surface area contributed by atoms with Gasteiger partial charge in [-0.2, -0.15) is 4.31 Å². The van der Waals surface area contributed by atoms with Crippen LogP contribution in [-0.2, 0) is 55.5 Å². The molecule has 0 spiro atoms. The number of hydrogen-bond donors (Lipinski definition) is 9. The largest absolute Gasteiger partial charge is 0.481 e. The molecule has 0 aliphatic carbocycles. The van der Waals surface area contributed by atoms with Crippen molar-refractivity contribution in [3.05, 3.63) is 24.8 Å². The van der Waals surface area contributed by atoms with Gasteiger partial charge in [-0.05, 0) is 13.0 Å². The highest BCUT2D eigenvalue weighted by Crippen LogP contribution is 2.61. The standard InChI is InChI=1S/C26H40N7O18P3S/c1-4-5-14(34)25(39)55-9-8-28-16(35)6-7-29-23(38)20(37)26(2,3)11-48-54(45,46)51-53(43,44)47-10-15-19(50-52(40,41)42)18(36)24(49-15)33-13-32-17-21(27)30-12-31-22(17)33/h4-5,12-13,15,18-20,24,36-37H,6-11H2,1-3H3,(H,28,35)(H,29,38)(H,43,44)(H,45,46)(H2,27,30,31)(H2,40,41,42)/b5-4+. The monoisotopic (exact) mass is 863 g/mol. The molecule has 0 saturated carbocycles. The molecule has 1 fully saturated rings. The molecule has 2 aromatic rings. The van der Waals surface area contributed by atoms with Crippen LogP contribution in [0, 0.1) is 5.41 Å². The average Bonchev–Trinajstić information content (AvgIpc) is 3.64. The highest BCUT2D eigenvalue weighted by atomic mass is 32.2. The van der Waals surface area contributed by atoms with Crippen molar-refractivity contribution >= 4 is 74.9 Å². The molecule has 3 rings (SSSR count). The van der Waals surface area contributed by atoms with E-state index in [-0.39, 0.29) is 42.2 Å². The summed E-state index contributed by atoms with van der Waals surface area (Å²) < 4.78 is 61.9.